The number of hydrogen-bond acceptors (Lipinski definition) is 4. The maximum absolute atomic E-state index is 13.0. The summed E-state index contributed by atoms with van der Waals surface area (Å²) in [4.78, 5) is 37.9. The Balaban J connectivity index is 1.38. The largest absolute Gasteiger partial charge is 0.348 e. The van der Waals surface area contributed by atoms with Crippen LogP contribution in [0.25, 0.3) is 0 Å². The van der Waals surface area contributed by atoms with E-state index in [1.54, 1.807) is 17.2 Å². The van der Waals surface area contributed by atoms with Gasteiger partial charge < -0.3 is 14.8 Å². The van der Waals surface area contributed by atoms with Gasteiger partial charge in [-0.25, -0.2) is 4.98 Å². The van der Waals surface area contributed by atoms with E-state index in [4.69, 9.17) is 0 Å². The number of piperidine rings is 1. The molecule has 2 amide bonds. The summed E-state index contributed by atoms with van der Waals surface area (Å²) in [5.74, 6) is 0.548. The first-order chi connectivity index (χ1) is 13.6. The maximum Gasteiger partial charge on any atom is 0.247 e. The third kappa shape index (κ3) is 2.65. The van der Waals surface area contributed by atoms with Crippen molar-refractivity contribution in [3.63, 3.8) is 0 Å². The minimum Gasteiger partial charge on any atom is -0.348 e. The van der Waals surface area contributed by atoms with Crippen LogP contribution in [0.3, 0.4) is 0 Å². The third-order valence-corrected chi connectivity index (χ3v) is 6.64. The number of carbonyl (C=O) groups is 2. The number of H-pyrrole nitrogens is 1. The van der Waals surface area contributed by atoms with Crippen LogP contribution in [0.5, 0.6) is 0 Å². The van der Waals surface area contributed by atoms with E-state index in [9.17, 15) is 9.59 Å². The van der Waals surface area contributed by atoms with E-state index in [1.165, 1.54) is 0 Å². The van der Waals surface area contributed by atoms with Crippen LogP contribution in [0, 0.1) is 5.92 Å². The van der Waals surface area contributed by atoms with Crippen molar-refractivity contribution < 1.29 is 9.59 Å². The Kier molecular flexibility index (Phi) is 4.03. The lowest BCUT2D eigenvalue weighted by Gasteiger charge is -2.50. The van der Waals surface area contributed by atoms with E-state index in [1.807, 2.05) is 24.1 Å². The standard InChI is InChI=1S/C20H26N6O2/c1-14(26-9-2-8-23-26)18(27)24-11-6-20(7-12-24)17-16(21-13-22-17)5-10-25(20)19(28)15-3-4-15/h2,8-9,13-15H,3-7,10-12H2,1H3,(H,21,22)/t14-/m1/s1. The molecule has 4 heterocycles. The zero-order chi connectivity index (χ0) is 19.3. The first-order valence-corrected chi connectivity index (χ1v) is 10.2. The van der Waals surface area contributed by atoms with Crippen LogP contribution in [0.2, 0.25) is 0 Å². The number of fused-ring (bicyclic) bond motifs is 2. The normalized spacial score (nSPS) is 22.2. The van der Waals surface area contributed by atoms with Crippen molar-refractivity contribution in [1.82, 2.24) is 29.5 Å². The Morgan fingerprint density at radius 2 is 2.04 bits per heavy atom. The van der Waals surface area contributed by atoms with Crippen molar-refractivity contribution in [2.24, 2.45) is 5.92 Å². The van der Waals surface area contributed by atoms with Gasteiger partial charge in [0.05, 0.1) is 17.6 Å². The average molecular weight is 382 g/mol. The molecule has 2 fully saturated rings. The second-order valence-electron chi connectivity index (χ2n) is 8.26. The number of aromatic amines is 1. The molecule has 1 saturated carbocycles. The van der Waals surface area contributed by atoms with E-state index in [-0.39, 0.29) is 29.3 Å². The Morgan fingerprint density at radius 3 is 2.71 bits per heavy atom. The smallest absolute Gasteiger partial charge is 0.247 e. The highest BCUT2D eigenvalue weighted by Gasteiger charge is 2.51. The van der Waals surface area contributed by atoms with Crippen molar-refractivity contribution in [3.8, 4) is 0 Å². The summed E-state index contributed by atoms with van der Waals surface area (Å²) in [6.07, 6.45) is 9.57. The molecule has 2 aromatic heterocycles. The molecule has 1 saturated heterocycles. The molecule has 0 unspecified atom stereocenters. The summed E-state index contributed by atoms with van der Waals surface area (Å²) in [5.41, 5.74) is 1.78. The SMILES string of the molecule is C[C@H](C(=O)N1CCC2(CC1)c1nc[nH]c1CCN2C(=O)C1CC1)n1cccn1. The molecular formula is C20H26N6O2. The lowest BCUT2D eigenvalue weighted by Crippen LogP contribution is -2.59. The lowest BCUT2D eigenvalue weighted by molar-refractivity contribution is -0.146. The molecule has 1 atom stereocenters. The summed E-state index contributed by atoms with van der Waals surface area (Å²) >= 11 is 0. The molecule has 28 heavy (non-hydrogen) atoms. The van der Waals surface area contributed by atoms with Gasteiger partial charge in [-0.05, 0) is 38.7 Å². The number of nitrogens with one attached hydrogen (secondary N) is 1. The van der Waals surface area contributed by atoms with E-state index in [2.05, 4.69) is 20.0 Å². The molecule has 5 rings (SSSR count). The van der Waals surface area contributed by atoms with Crippen LogP contribution in [-0.4, -0.2) is 61.0 Å². The monoisotopic (exact) mass is 382 g/mol. The van der Waals surface area contributed by atoms with Crippen LogP contribution in [0.1, 0.15) is 50.0 Å². The maximum atomic E-state index is 13.0. The van der Waals surface area contributed by atoms with Crippen LogP contribution >= 0.6 is 0 Å². The zero-order valence-electron chi connectivity index (χ0n) is 16.2. The highest BCUT2D eigenvalue weighted by molar-refractivity contribution is 5.83. The highest BCUT2D eigenvalue weighted by Crippen LogP contribution is 2.45. The Labute approximate surface area is 163 Å². The van der Waals surface area contributed by atoms with E-state index >= 15 is 0 Å². The summed E-state index contributed by atoms with van der Waals surface area (Å²) in [6.45, 7) is 3.88. The van der Waals surface area contributed by atoms with E-state index in [0.29, 0.717) is 13.1 Å². The number of aromatic nitrogens is 4. The van der Waals surface area contributed by atoms with Gasteiger partial charge in [0.15, 0.2) is 0 Å². The van der Waals surface area contributed by atoms with Gasteiger partial charge in [0, 0.05) is 50.1 Å². The topological polar surface area (TPSA) is 87.1 Å². The molecule has 3 aliphatic rings. The summed E-state index contributed by atoms with van der Waals surface area (Å²) in [6, 6.07) is 1.51. The average Bonchev–Trinajstić information content (AvgIpc) is 3.20. The number of carbonyl (C=O) groups excluding carboxylic acids is 2. The first kappa shape index (κ1) is 17.5. The molecule has 1 aliphatic carbocycles. The summed E-state index contributed by atoms with van der Waals surface area (Å²) in [5, 5.41) is 4.20. The minimum absolute atomic E-state index is 0.0803. The molecule has 8 nitrogen and oxygen atoms in total. The van der Waals surface area contributed by atoms with Gasteiger partial charge in [0.2, 0.25) is 11.8 Å². The Hall–Kier alpha value is -2.64. The molecule has 1 spiro atoms. The van der Waals surface area contributed by atoms with Gasteiger partial charge in [-0.2, -0.15) is 5.10 Å². The van der Waals surface area contributed by atoms with Crippen LogP contribution in [-0.2, 0) is 21.5 Å². The number of rotatable bonds is 3. The van der Waals surface area contributed by atoms with Crippen LogP contribution in [0.4, 0.5) is 0 Å². The number of nitrogens with zero attached hydrogens (tertiary/aromatic N) is 5. The fourth-order valence-electron chi connectivity index (χ4n) is 4.84. The van der Waals surface area contributed by atoms with Gasteiger partial charge in [-0.1, -0.05) is 0 Å². The second kappa shape index (κ2) is 6.46. The third-order valence-electron chi connectivity index (χ3n) is 6.64. The molecule has 0 aromatic carbocycles. The molecule has 1 N–H and O–H groups in total. The predicted octanol–water partition coefficient (Wildman–Crippen LogP) is 1.48. The van der Waals surface area contributed by atoms with Crippen molar-refractivity contribution in [1.29, 1.82) is 0 Å². The fraction of sp³-hybridized carbons (Fsp3) is 0.600. The van der Waals surface area contributed by atoms with Crippen molar-refractivity contribution in [2.75, 3.05) is 19.6 Å². The molecule has 2 aromatic rings. The van der Waals surface area contributed by atoms with Crippen molar-refractivity contribution in [2.45, 2.75) is 50.6 Å². The number of imidazole rings is 1. The summed E-state index contributed by atoms with van der Waals surface area (Å²) in [7, 11) is 0. The van der Waals surface area contributed by atoms with Gasteiger partial charge in [-0.15, -0.1) is 0 Å². The van der Waals surface area contributed by atoms with Crippen molar-refractivity contribution in [3.05, 3.63) is 36.2 Å². The Bertz CT molecular complexity index is 876. The Morgan fingerprint density at radius 1 is 1.25 bits per heavy atom. The quantitative estimate of drug-likeness (QED) is 0.871. The van der Waals surface area contributed by atoms with Crippen molar-refractivity contribution >= 4 is 11.8 Å². The molecule has 8 heteroatoms. The highest BCUT2D eigenvalue weighted by atomic mass is 16.2. The molecule has 0 bridgehead atoms. The predicted molar refractivity (Wildman–Crippen MR) is 101 cm³/mol. The number of hydrogen-bond donors (Lipinski definition) is 1. The molecule has 2 aliphatic heterocycles. The fourth-order valence-corrected chi connectivity index (χ4v) is 4.84. The lowest BCUT2D eigenvalue weighted by atomic mass is 9.78. The molecule has 0 radical (unpaired) electrons. The zero-order valence-corrected chi connectivity index (χ0v) is 16.2. The van der Waals surface area contributed by atoms with Gasteiger partial charge >= 0.3 is 0 Å². The van der Waals surface area contributed by atoms with E-state index < -0.39 is 0 Å². The molecular weight excluding hydrogens is 356 g/mol. The minimum atomic E-state index is -0.376. The number of likely N-dealkylation sites (tertiary alicyclic amines) is 1. The van der Waals surface area contributed by atoms with Crippen LogP contribution < -0.4 is 0 Å². The van der Waals surface area contributed by atoms with Crippen LogP contribution in [0.15, 0.2) is 24.8 Å². The van der Waals surface area contributed by atoms with E-state index in [0.717, 1.165) is 50.0 Å². The van der Waals surface area contributed by atoms with Gasteiger partial charge in [-0.3, -0.25) is 14.3 Å². The first-order valence-electron chi connectivity index (χ1n) is 10.2. The van der Waals surface area contributed by atoms with Gasteiger partial charge in [0.25, 0.3) is 0 Å². The second-order valence-corrected chi connectivity index (χ2v) is 8.26. The number of amides is 2. The van der Waals surface area contributed by atoms with Gasteiger partial charge in [0.1, 0.15) is 6.04 Å². The summed E-state index contributed by atoms with van der Waals surface area (Å²) < 4.78 is 1.70. The molecule has 148 valence electrons.